The Balaban J connectivity index is 1.28. The molecule has 4 nitrogen and oxygen atoms in total. The average Bonchev–Trinajstić information content (AvgIpc) is 3.88. The van der Waals surface area contributed by atoms with Crippen molar-refractivity contribution in [3.63, 3.8) is 0 Å². The molecular formula is C62H63BN2O2. The van der Waals surface area contributed by atoms with Crippen LogP contribution in [0.2, 0.25) is 0 Å². The van der Waals surface area contributed by atoms with E-state index in [1.165, 1.54) is 94.9 Å². The molecule has 5 heteroatoms. The van der Waals surface area contributed by atoms with E-state index in [1.807, 2.05) is 6.26 Å². The van der Waals surface area contributed by atoms with Gasteiger partial charge in [-0.05, 0) is 159 Å². The topological polar surface area (TPSA) is 32.8 Å². The van der Waals surface area contributed by atoms with Crippen LogP contribution >= 0.6 is 0 Å². The van der Waals surface area contributed by atoms with Crippen LogP contribution in [-0.2, 0) is 17.3 Å². The van der Waals surface area contributed by atoms with Gasteiger partial charge < -0.3 is 13.7 Å². The number of hydrogen-bond donors (Lipinski definition) is 0. The minimum atomic E-state index is -0.107. The molecule has 0 bridgehead atoms. The summed E-state index contributed by atoms with van der Waals surface area (Å²) in [7, 11) is 0. The molecule has 4 heterocycles. The fourth-order valence-corrected chi connectivity index (χ4v) is 11.4. The summed E-state index contributed by atoms with van der Waals surface area (Å²) >= 11 is 0. The molecule has 1 aliphatic carbocycles. The van der Waals surface area contributed by atoms with Crippen molar-refractivity contribution in [1.82, 2.24) is 0 Å². The van der Waals surface area contributed by atoms with Gasteiger partial charge in [-0.2, -0.15) is 0 Å². The molecule has 67 heavy (non-hydrogen) atoms. The lowest BCUT2D eigenvalue weighted by atomic mass is 9.33. The van der Waals surface area contributed by atoms with Gasteiger partial charge in [0.1, 0.15) is 11.3 Å². The molecule has 336 valence electrons. The molecule has 2 aromatic heterocycles. The second-order valence-electron chi connectivity index (χ2n) is 23.0. The van der Waals surface area contributed by atoms with Crippen LogP contribution in [0.4, 0.5) is 34.3 Å². The molecule has 8 aromatic rings. The Morgan fingerprint density at radius 3 is 1.88 bits per heavy atom. The number of para-hydroxylation sites is 1. The number of fused-ring (bicyclic) bond motifs is 7. The third-order valence-corrected chi connectivity index (χ3v) is 15.0. The van der Waals surface area contributed by atoms with E-state index < -0.39 is 0 Å². The maximum Gasteiger partial charge on any atom is 0.256 e. The van der Waals surface area contributed by atoms with Gasteiger partial charge in [0.2, 0.25) is 5.88 Å². The number of aryl methyl sites for hydroxylation is 4. The Morgan fingerprint density at radius 2 is 1.21 bits per heavy atom. The normalized spacial score (nSPS) is 15.5. The molecule has 1 unspecified atom stereocenters. The highest BCUT2D eigenvalue weighted by Gasteiger charge is 2.49. The molecule has 0 spiro atoms. The second-order valence-corrected chi connectivity index (χ2v) is 23.0. The van der Waals surface area contributed by atoms with Crippen molar-refractivity contribution in [2.45, 2.75) is 107 Å². The third-order valence-electron chi connectivity index (χ3n) is 15.0. The van der Waals surface area contributed by atoms with E-state index in [2.05, 4.69) is 221 Å². The molecule has 0 saturated carbocycles. The summed E-state index contributed by atoms with van der Waals surface area (Å²) in [5, 5.41) is 1.12. The first-order valence-corrected chi connectivity index (χ1v) is 24.3. The summed E-state index contributed by atoms with van der Waals surface area (Å²) in [6, 6.07) is 41.2. The van der Waals surface area contributed by atoms with Crippen LogP contribution in [-0.4, -0.2) is 6.71 Å². The fraction of sp³-hybridized carbons (Fsp3) is 0.290. The van der Waals surface area contributed by atoms with Crippen LogP contribution in [0.1, 0.15) is 107 Å². The molecular weight excluding hydrogens is 816 g/mol. The van der Waals surface area contributed by atoms with E-state index in [0.717, 1.165) is 40.2 Å². The molecule has 0 amide bonds. The number of rotatable bonds is 4. The maximum absolute atomic E-state index is 7.40. The zero-order valence-corrected chi connectivity index (χ0v) is 41.7. The fourth-order valence-electron chi connectivity index (χ4n) is 11.4. The van der Waals surface area contributed by atoms with E-state index in [9.17, 15) is 0 Å². The van der Waals surface area contributed by atoms with Crippen LogP contribution in [0.3, 0.4) is 0 Å². The van der Waals surface area contributed by atoms with Gasteiger partial charge in [-0.15, -0.1) is 0 Å². The van der Waals surface area contributed by atoms with Gasteiger partial charge >= 0.3 is 0 Å². The first kappa shape index (κ1) is 43.1. The highest BCUT2D eigenvalue weighted by molar-refractivity contribution is 7.00. The SMILES string of the molecule is Cc1cc2c3c(c1)N(c1c(C)cc(C(C)(C)C)cc1C)c1oc4c(c1B3c1cc(-c3coc5ccccc35)ccc1N2c1c(C)cc(C(C)(C)C)cc1-c1ccccc1)CC(C(C)(C)C)C=C4. The first-order chi connectivity index (χ1) is 31.8. The zero-order chi connectivity index (χ0) is 47.1. The lowest BCUT2D eigenvalue weighted by Crippen LogP contribution is -2.62. The van der Waals surface area contributed by atoms with Crippen molar-refractivity contribution < 1.29 is 8.83 Å². The summed E-state index contributed by atoms with van der Waals surface area (Å²) in [6.45, 7) is 30.1. The van der Waals surface area contributed by atoms with Crippen molar-refractivity contribution in [2.75, 3.05) is 9.80 Å². The number of benzene rings is 6. The zero-order valence-electron chi connectivity index (χ0n) is 41.7. The Morgan fingerprint density at radius 1 is 0.582 bits per heavy atom. The highest BCUT2D eigenvalue weighted by atomic mass is 16.4. The summed E-state index contributed by atoms with van der Waals surface area (Å²) in [5.74, 6) is 2.26. The Labute approximate surface area is 398 Å². The van der Waals surface area contributed by atoms with Gasteiger partial charge in [0, 0.05) is 33.6 Å². The van der Waals surface area contributed by atoms with E-state index in [4.69, 9.17) is 8.83 Å². The number of hydrogen-bond acceptors (Lipinski definition) is 4. The number of anilines is 6. The monoisotopic (exact) mass is 878 g/mol. The summed E-state index contributed by atoms with van der Waals surface area (Å²) in [6.07, 6.45) is 7.53. The third kappa shape index (κ3) is 6.86. The molecule has 0 radical (unpaired) electrons. The van der Waals surface area contributed by atoms with Crippen LogP contribution in [0.25, 0.3) is 39.3 Å². The van der Waals surface area contributed by atoms with E-state index in [-0.39, 0.29) is 23.0 Å². The quantitative estimate of drug-likeness (QED) is 0.165. The minimum Gasteiger partial charge on any atom is -0.464 e. The van der Waals surface area contributed by atoms with Crippen LogP contribution in [0, 0.1) is 39.0 Å². The lowest BCUT2D eigenvalue weighted by Gasteiger charge is -2.44. The molecule has 0 N–H and O–H groups in total. The molecule has 1 atom stereocenters. The van der Waals surface area contributed by atoms with Gasteiger partial charge in [-0.3, -0.25) is 4.90 Å². The standard InChI is InChI=1S/C62H63BN2O2/c1-36-27-51-56-52(28-36)65(57-37(2)29-43(30-38(57)3)61(8,9)10)59-55(47-33-42(60(5,6)7)24-26-54(47)67-59)63(56)49-32-41(48-35-66-53-22-18-17-21-45(48)53)23-25-50(49)64(51)58-39(4)31-44(62(11,12)13)34-46(58)40-19-15-14-16-20-40/h14-32,34-35,42H,33H2,1-13H3. The van der Waals surface area contributed by atoms with Gasteiger partial charge in [0.15, 0.2) is 0 Å². The lowest BCUT2D eigenvalue weighted by molar-refractivity contribution is 0.289. The Kier molecular flexibility index (Phi) is 9.67. The molecule has 2 aliphatic heterocycles. The first-order valence-electron chi connectivity index (χ1n) is 24.3. The predicted octanol–water partition coefficient (Wildman–Crippen LogP) is 15.5. The highest BCUT2D eigenvalue weighted by Crippen LogP contribution is 2.52. The average molecular weight is 879 g/mol. The van der Waals surface area contributed by atoms with E-state index in [1.54, 1.807) is 0 Å². The van der Waals surface area contributed by atoms with E-state index >= 15 is 0 Å². The van der Waals surface area contributed by atoms with Crippen molar-refractivity contribution in [2.24, 2.45) is 11.3 Å². The second kappa shape index (κ2) is 15.0. The summed E-state index contributed by atoms with van der Waals surface area (Å²) in [5.41, 5.74) is 24.3. The maximum atomic E-state index is 7.40. The Hall–Kier alpha value is -6.46. The summed E-state index contributed by atoms with van der Waals surface area (Å²) < 4.78 is 13.6. The summed E-state index contributed by atoms with van der Waals surface area (Å²) in [4.78, 5) is 5.13. The van der Waals surface area contributed by atoms with Gasteiger partial charge in [-0.1, -0.05) is 147 Å². The van der Waals surface area contributed by atoms with Crippen molar-refractivity contribution in [3.8, 4) is 22.3 Å². The van der Waals surface area contributed by atoms with Gasteiger partial charge in [0.05, 0.1) is 17.6 Å². The molecule has 0 fully saturated rings. The molecule has 0 saturated heterocycles. The molecule has 3 aliphatic rings. The van der Waals surface area contributed by atoms with Crippen LogP contribution < -0.4 is 26.2 Å². The number of furan rings is 2. The molecule has 6 aromatic carbocycles. The van der Waals surface area contributed by atoms with E-state index in [0.29, 0.717) is 5.92 Å². The molecule has 11 rings (SSSR count). The predicted molar refractivity (Wildman–Crippen MR) is 285 cm³/mol. The number of allylic oxidation sites excluding steroid dienone is 1. The van der Waals surface area contributed by atoms with Crippen molar-refractivity contribution in [1.29, 1.82) is 0 Å². The smallest absolute Gasteiger partial charge is 0.256 e. The minimum absolute atomic E-state index is 0.00430. The van der Waals surface area contributed by atoms with Gasteiger partial charge in [0.25, 0.3) is 6.71 Å². The van der Waals surface area contributed by atoms with Crippen molar-refractivity contribution >= 4 is 74.5 Å². The van der Waals surface area contributed by atoms with Gasteiger partial charge in [-0.25, -0.2) is 0 Å². The number of nitrogens with zero attached hydrogens (tertiary/aromatic N) is 2. The largest absolute Gasteiger partial charge is 0.464 e. The van der Waals surface area contributed by atoms with Crippen LogP contribution in [0.5, 0.6) is 0 Å². The van der Waals surface area contributed by atoms with Crippen LogP contribution in [0.15, 0.2) is 130 Å². The Bertz CT molecular complexity index is 3320. The van der Waals surface area contributed by atoms with Crippen molar-refractivity contribution in [3.05, 3.63) is 166 Å².